The Balaban J connectivity index is 1.89. The number of benzene rings is 3. The number of ether oxygens (including phenoxy) is 1. The van der Waals surface area contributed by atoms with Crippen molar-refractivity contribution in [3.63, 3.8) is 0 Å². The van der Waals surface area contributed by atoms with Gasteiger partial charge in [0.1, 0.15) is 4.90 Å². The first-order chi connectivity index (χ1) is 15.5. The van der Waals surface area contributed by atoms with Crippen LogP contribution in [0.1, 0.15) is 31.8 Å². The first-order valence-corrected chi connectivity index (χ1v) is 11.8. The summed E-state index contributed by atoms with van der Waals surface area (Å²) >= 11 is 12.1. The molecule has 0 unspecified atom stereocenters. The molecule has 2 N–H and O–H groups in total. The normalized spacial score (nSPS) is 11.1. The highest BCUT2D eigenvalue weighted by Crippen LogP contribution is 2.27. The molecule has 1 amide bonds. The molecule has 3 aromatic carbocycles. The Labute approximate surface area is 201 Å². The number of hydrogen-bond donors (Lipinski definition) is 2. The second kappa shape index (κ2) is 9.82. The molecular formula is C23H20Cl2N2O5S. The van der Waals surface area contributed by atoms with Gasteiger partial charge in [-0.3, -0.25) is 9.52 Å². The van der Waals surface area contributed by atoms with Crippen LogP contribution in [0.5, 0.6) is 0 Å². The number of carbonyl (C=O) groups excluding carboxylic acids is 2. The molecule has 0 radical (unpaired) electrons. The van der Waals surface area contributed by atoms with Crippen LogP contribution in [0.25, 0.3) is 0 Å². The van der Waals surface area contributed by atoms with E-state index >= 15 is 0 Å². The molecule has 3 rings (SSSR count). The first-order valence-electron chi connectivity index (χ1n) is 9.60. The number of carbonyl (C=O) groups is 2. The van der Waals surface area contributed by atoms with E-state index in [9.17, 15) is 18.0 Å². The number of sulfonamides is 1. The summed E-state index contributed by atoms with van der Waals surface area (Å²) in [5.74, 6) is -1.26. The van der Waals surface area contributed by atoms with Crippen molar-refractivity contribution < 1.29 is 22.7 Å². The lowest BCUT2D eigenvalue weighted by Gasteiger charge is -2.13. The fraction of sp³-hybridized carbons (Fsp3) is 0.130. The van der Waals surface area contributed by atoms with Gasteiger partial charge in [-0.25, -0.2) is 13.2 Å². The zero-order valence-electron chi connectivity index (χ0n) is 17.9. The van der Waals surface area contributed by atoms with Gasteiger partial charge in [0, 0.05) is 11.3 Å². The lowest BCUT2D eigenvalue weighted by molar-refractivity contribution is 0.0600. The van der Waals surface area contributed by atoms with Crippen molar-refractivity contribution in [2.45, 2.75) is 18.7 Å². The number of rotatable bonds is 6. The molecular weight excluding hydrogens is 487 g/mol. The number of methoxy groups -OCH3 is 1. The van der Waals surface area contributed by atoms with Crippen molar-refractivity contribution in [2.75, 3.05) is 17.1 Å². The molecule has 0 bridgehead atoms. The number of nitrogens with one attached hydrogen (secondary N) is 2. The van der Waals surface area contributed by atoms with Crippen molar-refractivity contribution in [3.8, 4) is 0 Å². The molecule has 0 fully saturated rings. The molecule has 0 aliphatic rings. The molecule has 3 aromatic rings. The topological polar surface area (TPSA) is 102 Å². The lowest BCUT2D eigenvalue weighted by Crippen LogP contribution is -2.17. The summed E-state index contributed by atoms with van der Waals surface area (Å²) in [4.78, 5) is 24.3. The van der Waals surface area contributed by atoms with Crippen LogP contribution in [0, 0.1) is 13.8 Å². The van der Waals surface area contributed by atoms with Crippen LogP contribution in [0.3, 0.4) is 0 Å². The minimum Gasteiger partial charge on any atom is -0.465 e. The number of esters is 1. The van der Waals surface area contributed by atoms with Crippen LogP contribution in [0.15, 0.2) is 59.5 Å². The van der Waals surface area contributed by atoms with E-state index in [1.54, 1.807) is 19.1 Å². The zero-order chi connectivity index (χ0) is 24.3. The van der Waals surface area contributed by atoms with Crippen molar-refractivity contribution in [1.29, 1.82) is 0 Å². The van der Waals surface area contributed by atoms with Gasteiger partial charge in [0.25, 0.3) is 15.9 Å². The number of halogens is 2. The predicted octanol–water partition coefficient (Wildman–Crippen LogP) is 5.45. The number of amides is 1. The van der Waals surface area contributed by atoms with Crippen LogP contribution in [-0.2, 0) is 14.8 Å². The third-order valence-corrected chi connectivity index (χ3v) is 6.92. The van der Waals surface area contributed by atoms with Crippen molar-refractivity contribution in [2.24, 2.45) is 0 Å². The van der Waals surface area contributed by atoms with E-state index in [0.717, 1.165) is 11.1 Å². The summed E-state index contributed by atoms with van der Waals surface area (Å²) in [7, 11) is -2.86. The number of aryl methyl sites for hydroxylation is 2. The Bertz CT molecular complexity index is 1360. The van der Waals surface area contributed by atoms with E-state index in [1.807, 2.05) is 13.0 Å². The largest absolute Gasteiger partial charge is 0.465 e. The zero-order valence-corrected chi connectivity index (χ0v) is 20.2. The maximum absolute atomic E-state index is 13.0. The Hall–Kier alpha value is -3.07. The fourth-order valence-electron chi connectivity index (χ4n) is 3.05. The van der Waals surface area contributed by atoms with Crippen LogP contribution in [0.4, 0.5) is 11.4 Å². The molecule has 0 spiro atoms. The first kappa shape index (κ1) is 24.6. The highest BCUT2D eigenvalue weighted by Gasteiger charge is 2.21. The third-order valence-electron chi connectivity index (χ3n) is 4.74. The predicted molar refractivity (Wildman–Crippen MR) is 129 cm³/mol. The minimum atomic E-state index is -4.08. The van der Waals surface area contributed by atoms with Crippen LogP contribution < -0.4 is 10.0 Å². The Morgan fingerprint density at radius 1 is 0.909 bits per heavy atom. The van der Waals surface area contributed by atoms with Crippen molar-refractivity contribution in [3.05, 3.63) is 86.9 Å². The van der Waals surface area contributed by atoms with Gasteiger partial charge in [0.2, 0.25) is 0 Å². The summed E-state index contributed by atoms with van der Waals surface area (Å²) in [6.07, 6.45) is 0. The highest BCUT2D eigenvalue weighted by atomic mass is 35.5. The van der Waals surface area contributed by atoms with Gasteiger partial charge in [-0.05, 0) is 61.9 Å². The molecule has 0 aliphatic heterocycles. The van der Waals surface area contributed by atoms with Crippen molar-refractivity contribution in [1.82, 2.24) is 0 Å². The molecule has 0 heterocycles. The van der Waals surface area contributed by atoms with Gasteiger partial charge in [0.15, 0.2) is 0 Å². The third kappa shape index (κ3) is 5.65. The van der Waals surface area contributed by atoms with Gasteiger partial charge >= 0.3 is 5.97 Å². The molecule has 10 heteroatoms. The summed E-state index contributed by atoms with van der Waals surface area (Å²) in [6.45, 7) is 3.68. The van der Waals surface area contributed by atoms with Gasteiger partial charge in [-0.15, -0.1) is 0 Å². The van der Waals surface area contributed by atoms with E-state index in [4.69, 9.17) is 23.2 Å². The van der Waals surface area contributed by atoms with E-state index < -0.39 is 21.9 Å². The molecule has 0 saturated heterocycles. The van der Waals surface area contributed by atoms with E-state index in [2.05, 4.69) is 14.8 Å². The van der Waals surface area contributed by atoms with Crippen molar-refractivity contribution >= 4 is 56.5 Å². The van der Waals surface area contributed by atoms with Gasteiger partial charge < -0.3 is 10.1 Å². The van der Waals surface area contributed by atoms with Gasteiger partial charge in [0.05, 0.1) is 28.4 Å². The fourth-order valence-corrected chi connectivity index (χ4v) is 4.90. The highest BCUT2D eigenvalue weighted by molar-refractivity contribution is 7.92. The van der Waals surface area contributed by atoms with E-state index in [1.165, 1.54) is 43.5 Å². The lowest BCUT2D eigenvalue weighted by atomic mass is 10.1. The summed E-state index contributed by atoms with van der Waals surface area (Å²) in [5, 5.41) is 2.73. The van der Waals surface area contributed by atoms with Gasteiger partial charge in [-0.2, -0.15) is 0 Å². The Morgan fingerprint density at radius 3 is 2.27 bits per heavy atom. The Morgan fingerprint density at radius 2 is 1.61 bits per heavy atom. The van der Waals surface area contributed by atoms with Gasteiger partial charge in [-0.1, -0.05) is 40.9 Å². The monoisotopic (exact) mass is 506 g/mol. The molecule has 0 saturated carbocycles. The second-order valence-corrected chi connectivity index (χ2v) is 9.67. The van der Waals surface area contributed by atoms with Crippen LogP contribution >= 0.6 is 23.2 Å². The molecule has 0 aliphatic carbocycles. The van der Waals surface area contributed by atoms with Crippen LogP contribution in [0.2, 0.25) is 10.0 Å². The standard InChI is InChI=1S/C23H20Cl2N2O5S/c1-13-4-9-20(14(2)10-13)27-33(30,31)21-11-15(5-7-19(21)25)22(28)26-16-6-8-18(24)17(12-16)23(29)32-3/h4-12,27H,1-3H3,(H,26,28). The summed E-state index contributed by atoms with van der Waals surface area (Å²) in [5.41, 5.74) is 2.54. The van der Waals surface area contributed by atoms with E-state index in [0.29, 0.717) is 5.69 Å². The number of anilines is 2. The molecule has 33 heavy (non-hydrogen) atoms. The molecule has 0 aromatic heterocycles. The Kier molecular flexibility index (Phi) is 7.31. The molecule has 0 atom stereocenters. The average Bonchev–Trinajstić information content (AvgIpc) is 2.76. The number of hydrogen-bond acceptors (Lipinski definition) is 5. The quantitative estimate of drug-likeness (QED) is 0.432. The summed E-state index contributed by atoms with van der Waals surface area (Å²) < 4.78 is 33.2. The summed E-state index contributed by atoms with van der Waals surface area (Å²) in [6, 6.07) is 13.5. The smallest absolute Gasteiger partial charge is 0.339 e. The van der Waals surface area contributed by atoms with E-state index in [-0.39, 0.29) is 31.8 Å². The second-order valence-electron chi connectivity index (χ2n) is 7.21. The minimum absolute atomic E-state index is 0.0386. The molecule has 172 valence electrons. The maximum Gasteiger partial charge on any atom is 0.339 e. The average molecular weight is 507 g/mol. The maximum atomic E-state index is 13.0. The van der Waals surface area contributed by atoms with Crippen LogP contribution in [-0.4, -0.2) is 27.4 Å². The molecule has 7 nitrogen and oxygen atoms in total. The SMILES string of the molecule is COC(=O)c1cc(NC(=O)c2ccc(Cl)c(S(=O)(=O)Nc3ccc(C)cc3C)c2)ccc1Cl.